The highest BCUT2D eigenvalue weighted by atomic mass is 16.4. The maximum atomic E-state index is 12.0. The predicted molar refractivity (Wildman–Crippen MR) is 74.7 cm³/mol. The fourth-order valence-corrected chi connectivity index (χ4v) is 2.80. The Labute approximate surface area is 118 Å². The zero-order chi connectivity index (χ0) is 14.6. The van der Waals surface area contributed by atoms with E-state index in [4.69, 9.17) is 5.11 Å². The van der Waals surface area contributed by atoms with Crippen molar-refractivity contribution in [3.05, 3.63) is 29.6 Å². The van der Waals surface area contributed by atoms with E-state index >= 15 is 0 Å². The highest BCUT2D eigenvalue weighted by molar-refractivity contribution is 5.94. The topological polar surface area (TPSA) is 79.3 Å². The van der Waals surface area contributed by atoms with Crippen LogP contribution < -0.4 is 5.32 Å². The Balaban J connectivity index is 1.96. The molecule has 5 heteroatoms. The zero-order valence-electron chi connectivity index (χ0n) is 11.7. The number of hydrogen-bond donors (Lipinski definition) is 2. The van der Waals surface area contributed by atoms with Crippen molar-refractivity contribution < 1.29 is 14.7 Å². The number of nitrogens with one attached hydrogen (secondary N) is 1. The minimum absolute atomic E-state index is 0.0534. The van der Waals surface area contributed by atoms with E-state index in [9.17, 15) is 9.59 Å². The van der Waals surface area contributed by atoms with Crippen LogP contribution in [0.15, 0.2) is 18.3 Å². The van der Waals surface area contributed by atoms with E-state index in [0.717, 1.165) is 6.42 Å². The van der Waals surface area contributed by atoms with Gasteiger partial charge in [-0.1, -0.05) is 19.8 Å². The van der Waals surface area contributed by atoms with E-state index in [-0.39, 0.29) is 17.0 Å². The number of carboxylic acids is 1. The fourth-order valence-electron chi connectivity index (χ4n) is 2.80. The standard InChI is InChI=1S/C15H20N2O3/c1-2-15(7-3-4-8-15)10-17-13(18)11-5-6-12(14(19)20)16-9-11/h5-6,9H,2-4,7-8,10H2,1H3,(H,17,18)(H,19,20). The second-order valence-corrected chi connectivity index (χ2v) is 5.48. The molecule has 0 aromatic carbocycles. The molecule has 1 amide bonds. The molecule has 20 heavy (non-hydrogen) atoms. The van der Waals surface area contributed by atoms with E-state index in [1.165, 1.54) is 44.0 Å². The Bertz CT molecular complexity index is 490. The number of amides is 1. The van der Waals surface area contributed by atoms with Crippen LogP contribution in [0.5, 0.6) is 0 Å². The number of hydrogen-bond acceptors (Lipinski definition) is 3. The summed E-state index contributed by atoms with van der Waals surface area (Å²) in [6.07, 6.45) is 7.19. The molecule has 0 bridgehead atoms. The highest BCUT2D eigenvalue weighted by Gasteiger charge is 2.32. The summed E-state index contributed by atoms with van der Waals surface area (Å²) in [7, 11) is 0. The van der Waals surface area contributed by atoms with Crippen LogP contribution in [0.25, 0.3) is 0 Å². The van der Waals surface area contributed by atoms with Gasteiger partial charge < -0.3 is 10.4 Å². The molecule has 1 aliphatic carbocycles. The van der Waals surface area contributed by atoms with Crippen molar-refractivity contribution in [3.8, 4) is 0 Å². The molecule has 1 fully saturated rings. The first-order chi connectivity index (χ1) is 9.56. The van der Waals surface area contributed by atoms with Gasteiger partial charge in [0.2, 0.25) is 0 Å². The number of carboxylic acid groups (broad SMARTS) is 1. The molecule has 0 atom stereocenters. The Morgan fingerprint density at radius 1 is 1.35 bits per heavy atom. The minimum Gasteiger partial charge on any atom is -0.477 e. The van der Waals surface area contributed by atoms with Gasteiger partial charge in [0, 0.05) is 12.7 Å². The Kier molecular flexibility index (Phi) is 4.37. The van der Waals surface area contributed by atoms with Gasteiger partial charge in [0.1, 0.15) is 5.69 Å². The summed E-state index contributed by atoms with van der Waals surface area (Å²) < 4.78 is 0. The van der Waals surface area contributed by atoms with E-state index in [2.05, 4.69) is 17.2 Å². The highest BCUT2D eigenvalue weighted by Crippen LogP contribution is 2.40. The predicted octanol–water partition coefficient (Wildman–Crippen LogP) is 2.48. The summed E-state index contributed by atoms with van der Waals surface area (Å²) in [5, 5.41) is 11.7. The van der Waals surface area contributed by atoms with Crippen LogP contribution in [-0.2, 0) is 0 Å². The van der Waals surface area contributed by atoms with E-state index < -0.39 is 5.97 Å². The molecule has 1 aromatic rings. The average Bonchev–Trinajstić information content (AvgIpc) is 2.94. The summed E-state index contributed by atoms with van der Waals surface area (Å²) in [5.74, 6) is -1.28. The third kappa shape index (κ3) is 3.15. The first kappa shape index (κ1) is 14.5. The van der Waals surface area contributed by atoms with Gasteiger partial charge in [-0.3, -0.25) is 4.79 Å². The first-order valence-electron chi connectivity index (χ1n) is 7.04. The number of carbonyl (C=O) groups excluding carboxylic acids is 1. The Morgan fingerprint density at radius 3 is 2.55 bits per heavy atom. The van der Waals surface area contributed by atoms with Crippen molar-refractivity contribution in [3.63, 3.8) is 0 Å². The van der Waals surface area contributed by atoms with Gasteiger partial charge in [-0.15, -0.1) is 0 Å². The lowest BCUT2D eigenvalue weighted by atomic mass is 9.83. The molecule has 0 radical (unpaired) electrons. The van der Waals surface area contributed by atoms with Crippen molar-refractivity contribution in [2.75, 3.05) is 6.54 Å². The van der Waals surface area contributed by atoms with Gasteiger partial charge in [0.25, 0.3) is 5.91 Å². The maximum Gasteiger partial charge on any atom is 0.354 e. The van der Waals surface area contributed by atoms with Gasteiger partial charge in [-0.2, -0.15) is 0 Å². The smallest absolute Gasteiger partial charge is 0.354 e. The molecule has 108 valence electrons. The van der Waals surface area contributed by atoms with E-state index in [1.807, 2.05) is 0 Å². The van der Waals surface area contributed by atoms with Gasteiger partial charge in [-0.05, 0) is 36.8 Å². The minimum atomic E-state index is -1.09. The van der Waals surface area contributed by atoms with Crippen molar-refractivity contribution in [2.24, 2.45) is 5.41 Å². The van der Waals surface area contributed by atoms with E-state index in [1.54, 1.807) is 0 Å². The molecule has 1 heterocycles. The van der Waals surface area contributed by atoms with Crippen LogP contribution in [0.4, 0.5) is 0 Å². The molecule has 2 rings (SSSR count). The largest absolute Gasteiger partial charge is 0.477 e. The summed E-state index contributed by atoms with van der Waals surface area (Å²) in [6, 6.07) is 2.85. The van der Waals surface area contributed by atoms with Gasteiger partial charge in [0.15, 0.2) is 0 Å². The fraction of sp³-hybridized carbons (Fsp3) is 0.533. The average molecular weight is 276 g/mol. The summed E-state index contributed by atoms with van der Waals surface area (Å²) in [5.41, 5.74) is 0.589. The summed E-state index contributed by atoms with van der Waals surface area (Å²) >= 11 is 0. The number of rotatable bonds is 5. The van der Waals surface area contributed by atoms with Gasteiger partial charge in [0.05, 0.1) is 5.56 Å². The lowest BCUT2D eigenvalue weighted by molar-refractivity contribution is 0.0689. The molecule has 1 saturated carbocycles. The zero-order valence-corrected chi connectivity index (χ0v) is 11.7. The van der Waals surface area contributed by atoms with Crippen molar-refractivity contribution in [1.29, 1.82) is 0 Å². The normalized spacial score (nSPS) is 16.9. The molecule has 0 aliphatic heterocycles. The third-order valence-electron chi connectivity index (χ3n) is 4.28. The van der Waals surface area contributed by atoms with Crippen LogP contribution >= 0.6 is 0 Å². The number of pyridine rings is 1. The molecule has 0 saturated heterocycles. The second kappa shape index (κ2) is 6.03. The van der Waals surface area contributed by atoms with Crippen LogP contribution in [0.3, 0.4) is 0 Å². The van der Waals surface area contributed by atoms with Crippen LogP contribution in [-0.4, -0.2) is 28.5 Å². The molecule has 1 aliphatic rings. The monoisotopic (exact) mass is 276 g/mol. The van der Waals surface area contributed by atoms with Crippen molar-refractivity contribution in [1.82, 2.24) is 10.3 Å². The Morgan fingerprint density at radius 2 is 2.05 bits per heavy atom. The number of carbonyl (C=O) groups is 2. The number of aromatic carboxylic acids is 1. The maximum absolute atomic E-state index is 12.0. The molecule has 1 aromatic heterocycles. The molecule has 2 N–H and O–H groups in total. The summed E-state index contributed by atoms with van der Waals surface area (Å²) in [4.78, 5) is 26.5. The molecular formula is C15H20N2O3. The first-order valence-corrected chi connectivity index (χ1v) is 7.04. The van der Waals surface area contributed by atoms with Crippen LogP contribution in [0.2, 0.25) is 0 Å². The van der Waals surface area contributed by atoms with Crippen LogP contribution in [0, 0.1) is 5.41 Å². The second-order valence-electron chi connectivity index (χ2n) is 5.48. The van der Waals surface area contributed by atoms with Gasteiger partial charge >= 0.3 is 5.97 Å². The lowest BCUT2D eigenvalue weighted by Gasteiger charge is -2.27. The van der Waals surface area contributed by atoms with Crippen molar-refractivity contribution in [2.45, 2.75) is 39.0 Å². The molecule has 5 nitrogen and oxygen atoms in total. The van der Waals surface area contributed by atoms with E-state index in [0.29, 0.717) is 12.1 Å². The SMILES string of the molecule is CCC1(CNC(=O)c2ccc(C(=O)O)nc2)CCCC1. The Hall–Kier alpha value is -1.91. The van der Waals surface area contributed by atoms with Crippen molar-refractivity contribution >= 4 is 11.9 Å². The molecule has 0 unspecified atom stereocenters. The quantitative estimate of drug-likeness (QED) is 0.866. The lowest BCUT2D eigenvalue weighted by Crippen LogP contribution is -2.35. The van der Waals surface area contributed by atoms with Gasteiger partial charge in [-0.25, -0.2) is 9.78 Å². The number of aromatic nitrogens is 1. The third-order valence-corrected chi connectivity index (χ3v) is 4.28. The molecular weight excluding hydrogens is 256 g/mol. The molecule has 0 spiro atoms. The number of nitrogens with zero attached hydrogens (tertiary/aromatic N) is 1. The van der Waals surface area contributed by atoms with Crippen LogP contribution in [0.1, 0.15) is 59.9 Å². The summed E-state index contributed by atoms with van der Waals surface area (Å²) in [6.45, 7) is 2.85.